The van der Waals surface area contributed by atoms with Crippen molar-refractivity contribution < 1.29 is 45.1 Å². The summed E-state index contributed by atoms with van der Waals surface area (Å²) in [6.45, 7) is 2.92. The lowest BCUT2D eigenvalue weighted by molar-refractivity contribution is -0.201. The topological polar surface area (TPSA) is 106 Å². The predicted molar refractivity (Wildman–Crippen MR) is 132 cm³/mol. The maximum absolute atomic E-state index is 14.8. The number of amides is 2. The molecule has 0 fully saturated rings. The summed E-state index contributed by atoms with van der Waals surface area (Å²) in [5.41, 5.74) is -2.69. The van der Waals surface area contributed by atoms with E-state index in [0.29, 0.717) is 0 Å². The molecule has 8 nitrogen and oxygen atoms in total. The van der Waals surface area contributed by atoms with Crippen molar-refractivity contribution in [2.24, 2.45) is 0 Å². The van der Waals surface area contributed by atoms with Crippen molar-refractivity contribution in [3.05, 3.63) is 82.7 Å². The number of hydrogen-bond donors (Lipinski definition) is 2. The van der Waals surface area contributed by atoms with E-state index in [2.05, 4.69) is 15.5 Å². The highest BCUT2D eigenvalue weighted by Crippen LogP contribution is 2.48. The Hall–Kier alpha value is -4.36. The van der Waals surface area contributed by atoms with Crippen molar-refractivity contribution in [3.8, 4) is 5.75 Å². The molecule has 218 valence electrons. The first-order valence-corrected chi connectivity index (χ1v) is 12.3. The van der Waals surface area contributed by atoms with E-state index in [1.54, 1.807) is 19.1 Å². The predicted octanol–water partition coefficient (Wildman–Crippen LogP) is 5.53. The van der Waals surface area contributed by atoms with Crippen LogP contribution in [0.5, 0.6) is 5.75 Å². The minimum atomic E-state index is -5.01. The fraction of sp³-hybridized carbons (Fsp3) is 0.333. The molecule has 2 amide bonds. The summed E-state index contributed by atoms with van der Waals surface area (Å²) in [6.07, 6.45) is -11.5. The lowest BCUT2D eigenvalue weighted by Crippen LogP contribution is -2.60. The number of carbonyl (C=O) groups is 2. The summed E-state index contributed by atoms with van der Waals surface area (Å²) in [5, 5.41) is 11.5. The molecule has 2 heterocycles. The van der Waals surface area contributed by atoms with Crippen LogP contribution in [0.2, 0.25) is 0 Å². The summed E-state index contributed by atoms with van der Waals surface area (Å²) in [7, 11) is 0. The molecule has 14 heteroatoms. The van der Waals surface area contributed by atoms with Crippen molar-refractivity contribution >= 4 is 17.4 Å². The molecule has 1 unspecified atom stereocenters. The Labute approximate surface area is 229 Å². The van der Waals surface area contributed by atoms with E-state index in [0.717, 1.165) is 17.7 Å². The number of ether oxygens (including phenoxy) is 1. The van der Waals surface area contributed by atoms with Gasteiger partial charge in [-0.05, 0) is 42.2 Å². The Balaban J connectivity index is 1.70. The Morgan fingerprint density at radius 2 is 1.68 bits per heavy atom. The zero-order chi connectivity index (χ0) is 30.0. The van der Waals surface area contributed by atoms with Crippen LogP contribution in [-0.2, 0) is 10.3 Å². The van der Waals surface area contributed by atoms with E-state index in [1.165, 1.54) is 31.2 Å². The first kappa shape index (κ1) is 29.6. The number of halogens is 6. The van der Waals surface area contributed by atoms with Crippen molar-refractivity contribution in [1.29, 1.82) is 0 Å². The fourth-order valence-electron chi connectivity index (χ4n) is 4.29. The molecule has 0 bridgehead atoms. The number of alkyl halides is 6. The van der Waals surface area contributed by atoms with Crippen LogP contribution in [0.15, 0.2) is 58.6 Å². The van der Waals surface area contributed by atoms with Crippen LogP contribution in [-0.4, -0.2) is 41.0 Å². The van der Waals surface area contributed by atoms with Gasteiger partial charge in [-0.2, -0.15) is 26.3 Å². The molecule has 0 saturated carbocycles. The van der Waals surface area contributed by atoms with Crippen LogP contribution in [0, 0.1) is 13.8 Å². The quantitative estimate of drug-likeness (QED) is 0.268. The molecule has 0 spiro atoms. The molecule has 4 rings (SSSR count). The van der Waals surface area contributed by atoms with Crippen LogP contribution in [0.4, 0.5) is 26.3 Å². The molecule has 0 radical (unpaired) electrons. The Morgan fingerprint density at radius 1 is 1.02 bits per heavy atom. The van der Waals surface area contributed by atoms with Gasteiger partial charge in [-0.25, -0.2) is 0 Å². The third-order valence-electron chi connectivity index (χ3n) is 6.36. The largest absolute Gasteiger partial charge is 0.494 e. The SMILES string of the molecule is Cc1ccc(C2=C(NC(=O)c3nnc(C)o3)C(=O)NC(c3ccc(OCCCC(F)(F)F)cc3)(C(F)(F)F)C2)cc1. The molecular weight excluding hydrogens is 558 g/mol. The van der Waals surface area contributed by atoms with E-state index >= 15 is 0 Å². The van der Waals surface area contributed by atoms with Crippen LogP contribution >= 0.6 is 0 Å². The van der Waals surface area contributed by atoms with Crippen molar-refractivity contribution in [2.45, 2.75) is 51.0 Å². The van der Waals surface area contributed by atoms with Gasteiger partial charge in [0.15, 0.2) is 5.54 Å². The molecular formula is C27H24F6N4O4. The van der Waals surface area contributed by atoms with Gasteiger partial charge in [-0.1, -0.05) is 42.0 Å². The number of nitrogens with zero attached hydrogens (tertiary/aromatic N) is 2. The smallest absolute Gasteiger partial charge is 0.416 e. The second-order valence-corrected chi connectivity index (χ2v) is 9.43. The van der Waals surface area contributed by atoms with Gasteiger partial charge < -0.3 is 19.8 Å². The maximum atomic E-state index is 14.8. The Kier molecular flexibility index (Phi) is 8.13. The van der Waals surface area contributed by atoms with Crippen LogP contribution in [0.3, 0.4) is 0 Å². The molecule has 2 N–H and O–H groups in total. The van der Waals surface area contributed by atoms with Gasteiger partial charge in [0.25, 0.3) is 5.91 Å². The van der Waals surface area contributed by atoms with E-state index in [4.69, 9.17) is 9.15 Å². The van der Waals surface area contributed by atoms with Crippen LogP contribution in [0.25, 0.3) is 5.57 Å². The first-order chi connectivity index (χ1) is 19.2. The third-order valence-corrected chi connectivity index (χ3v) is 6.36. The van der Waals surface area contributed by atoms with Gasteiger partial charge in [0.1, 0.15) is 11.4 Å². The van der Waals surface area contributed by atoms with Crippen molar-refractivity contribution in [2.75, 3.05) is 6.61 Å². The zero-order valence-electron chi connectivity index (χ0n) is 21.7. The molecule has 1 aromatic heterocycles. The molecule has 2 aromatic carbocycles. The molecule has 1 atom stereocenters. The van der Waals surface area contributed by atoms with Crippen LogP contribution in [0.1, 0.15) is 52.5 Å². The first-order valence-electron chi connectivity index (χ1n) is 12.3. The minimum absolute atomic E-state index is 0.0625. The highest BCUT2D eigenvalue weighted by atomic mass is 19.4. The van der Waals surface area contributed by atoms with Gasteiger partial charge in [0.05, 0.1) is 6.61 Å². The number of aryl methyl sites for hydroxylation is 2. The van der Waals surface area contributed by atoms with Gasteiger partial charge in [0, 0.05) is 19.8 Å². The standard InChI is InChI=1S/C27H24F6N4O4/c1-15-4-6-17(7-5-15)20-14-25(27(31,32)33,18-8-10-19(11-9-18)40-13-3-12-26(28,29)30)35-22(38)21(20)34-23(39)24-37-36-16(2)41-24/h4-11H,3,12-14H2,1-2H3,(H,34,39)(H,35,38). The van der Waals surface area contributed by atoms with Gasteiger partial charge in [-0.15, -0.1) is 10.2 Å². The lowest BCUT2D eigenvalue weighted by Gasteiger charge is -2.41. The van der Waals surface area contributed by atoms with Crippen LogP contribution < -0.4 is 15.4 Å². The van der Waals surface area contributed by atoms with E-state index < -0.39 is 54.1 Å². The lowest BCUT2D eigenvalue weighted by atomic mass is 9.77. The summed E-state index contributed by atoms with van der Waals surface area (Å²) in [5.74, 6) is -2.54. The molecule has 1 aliphatic heterocycles. The number of hydrogen-bond acceptors (Lipinski definition) is 6. The maximum Gasteiger partial charge on any atom is 0.416 e. The van der Waals surface area contributed by atoms with Gasteiger partial charge in [0.2, 0.25) is 5.89 Å². The van der Waals surface area contributed by atoms with Gasteiger partial charge >= 0.3 is 24.2 Å². The Morgan fingerprint density at radius 3 is 2.24 bits per heavy atom. The van der Waals surface area contributed by atoms with E-state index in [1.807, 2.05) is 5.32 Å². The molecule has 1 aliphatic rings. The summed E-state index contributed by atoms with van der Waals surface area (Å²) in [4.78, 5) is 26.0. The summed E-state index contributed by atoms with van der Waals surface area (Å²) < 4.78 is 91.9. The molecule has 41 heavy (non-hydrogen) atoms. The van der Waals surface area contributed by atoms with Crippen molar-refractivity contribution in [1.82, 2.24) is 20.8 Å². The number of carbonyl (C=O) groups excluding carboxylic acids is 2. The number of aromatic nitrogens is 2. The number of rotatable bonds is 8. The molecule has 0 aliphatic carbocycles. The normalized spacial score (nSPS) is 17.8. The number of benzene rings is 2. The fourth-order valence-corrected chi connectivity index (χ4v) is 4.29. The monoisotopic (exact) mass is 582 g/mol. The Bertz CT molecular complexity index is 1450. The third kappa shape index (κ3) is 6.69. The highest BCUT2D eigenvalue weighted by Gasteiger charge is 2.59. The highest BCUT2D eigenvalue weighted by molar-refractivity contribution is 6.08. The van der Waals surface area contributed by atoms with Gasteiger partial charge in [-0.3, -0.25) is 9.59 Å². The second-order valence-electron chi connectivity index (χ2n) is 9.43. The van der Waals surface area contributed by atoms with Crippen molar-refractivity contribution in [3.63, 3.8) is 0 Å². The van der Waals surface area contributed by atoms with E-state index in [-0.39, 0.29) is 41.4 Å². The summed E-state index contributed by atoms with van der Waals surface area (Å²) >= 11 is 0. The average Bonchev–Trinajstić information content (AvgIpc) is 3.34. The average molecular weight is 583 g/mol. The molecule has 0 saturated heterocycles. The molecule has 3 aromatic rings. The second kappa shape index (κ2) is 11.3. The van der Waals surface area contributed by atoms with E-state index in [9.17, 15) is 35.9 Å². The minimum Gasteiger partial charge on any atom is -0.494 e. The number of nitrogens with one attached hydrogen (secondary N) is 2. The zero-order valence-corrected chi connectivity index (χ0v) is 21.7. The summed E-state index contributed by atoms with van der Waals surface area (Å²) in [6, 6.07) is 10.9.